The number of hydrogen-bond acceptors (Lipinski definition) is 6. The van der Waals surface area contributed by atoms with Crippen LogP contribution in [0.1, 0.15) is 19.4 Å². The molecule has 1 aromatic rings. The summed E-state index contributed by atoms with van der Waals surface area (Å²) in [5.41, 5.74) is 5.65. The van der Waals surface area contributed by atoms with Crippen molar-refractivity contribution in [2.24, 2.45) is 10.9 Å². The van der Waals surface area contributed by atoms with E-state index in [-0.39, 0.29) is 5.84 Å². The second kappa shape index (κ2) is 6.28. The zero-order valence-corrected chi connectivity index (χ0v) is 12.5. The maximum absolute atomic E-state index is 9.87. The minimum atomic E-state index is -0.688. The van der Waals surface area contributed by atoms with Crippen LogP contribution in [0.25, 0.3) is 0 Å². The number of nitrogens with two attached hydrogens (primary N) is 1. The molecule has 0 amide bonds. The Morgan fingerprint density at radius 2 is 2.05 bits per heavy atom. The molecule has 7 heteroatoms. The van der Waals surface area contributed by atoms with Gasteiger partial charge in [0.25, 0.3) is 0 Å². The number of nitrogens with zero attached hydrogens (tertiary/aromatic N) is 4. The maximum Gasteiger partial charge on any atom is 0.173 e. The number of rotatable bonds is 4. The highest BCUT2D eigenvalue weighted by atomic mass is 16.4. The fraction of sp³-hybridized carbons (Fsp3) is 0.571. The number of anilines is 1. The highest BCUT2D eigenvalue weighted by molar-refractivity contribution is 6.01. The Hall–Kier alpha value is -1.86. The fourth-order valence-corrected chi connectivity index (χ4v) is 2.57. The quantitative estimate of drug-likeness (QED) is 0.314. The molecule has 116 valence electrons. The summed E-state index contributed by atoms with van der Waals surface area (Å²) in [5.74, 6) is 0.799. The highest BCUT2D eigenvalue weighted by Crippen LogP contribution is 2.19. The minimum Gasteiger partial charge on any atom is -0.409 e. The second-order valence-electron chi connectivity index (χ2n) is 5.94. The van der Waals surface area contributed by atoms with Crippen LogP contribution in [-0.4, -0.2) is 64.4 Å². The van der Waals surface area contributed by atoms with Gasteiger partial charge in [-0.2, -0.15) is 0 Å². The standard InChI is InChI=1S/C14H23N5O2/c1-14(2,20)10-18-6-8-19(9-7-18)13-11(12(15)17-21)4-3-5-16-13/h3-5,20-21H,6-10H2,1-2H3,(H2,15,17). The first-order chi connectivity index (χ1) is 9.90. The van der Waals surface area contributed by atoms with E-state index >= 15 is 0 Å². The molecule has 1 saturated heterocycles. The number of β-amino-alcohol motifs (C(OH)–C–C–N with tert-alkyl or cyclic N) is 1. The summed E-state index contributed by atoms with van der Waals surface area (Å²) in [6, 6.07) is 3.56. The van der Waals surface area contributed by atoms with Crippen LogP contribution in [0, 0.1) is 0 Å². The molecule has 4 N–H and O–H groups in total. The van der Waals surface area contributed by atoms with E-state index in [4.69, 9.17) is 10.9 Å². The molecule has 1 aliphatic rings. The van der Waals surface area contributed by atoms with Crippen molar-refractivity contribution in [3.63, 3.8) is 0 Å². The van der Waals surface area contributed by atoms with Gasteiger partial charge in [-0.15, -0.1) is 0 Å². The Bertz CT molecular complexity index is 504. The number of aliphatic hydroxyl groups is 1. The van der Waals surface area contributed by atoms with Crippen LogP contribution in [0.5, 0.6) is 0 Å². The monoisotopic (exact) mass is 293 g/mol. The van der Waals surface area contributed by atoms with Gasteiger partial charge in [0, 0.05) is 38.9 Å². The van der Waals surface area contributed by atoms with Crippen LogP contribution in [0.4, 0.5) is 5.82 Å². The number of aromatic nitrogens is 1. The maximum atomic E-state index is 9.87. The van der Waals surface area contributed by atoms with E-state index in [0.717, 1.165) is 32.0 Å². The number of amidine groups is 1. The van der Waals surface area contributed by atoms with Crippen LogP contribution in [-0.2, 0) is 0 Å². The van der Waals surface area contributed by atoms with Gasteiger partial charge in [-0.3, -0.25) is 4.90 Å². The van der Waals surface area contributed by atoms with Gasteiger partial charge in [-0.1, -0.05) is 5.16 Å². The molecule has 0 saturated carbocycles. The topological polar surface area (TPSA) is 98.2 Å². The van der Waals surface area contributed by atoms with Gasteiger partial charge < -0.3 is 20.9 Å². The van der Waals surface area contributed by atoms with Crippen LogP contribution < -0.4 is 10.6 Å². The van der Waals surface area contributed by atoms with Crippen LogP contribution >= 0.6 is 0 Å². The summed E-state index contributed by atoms with van der Waals surface area (Å²) in [5, 5.41) is 21.8. The van der Waals surface area contributed by atoms with Crippen LogP contribution in [0.2, 0.25) is 0 Å². The molecule has 0 aromatic carbocycles. The molecule has 21 heavy (non-hydrogen) atoms. The van der Waals surface area contributed by atoms with Crippen molar-refractivity contribution < 1.29 is 10.3 Å². The third-order valence-electron chi connectivity index (χ3n) is 3.45. The summed E-state index contributed by atoms with van der Waals surface area (Å²) in [4.78, 5) is 8.70. The third kappa shape index (κ3) is 4.05. The molecule has 2 rings (SSSR count). The van der Waals surface area contributed by atoms with Crippen molar-refractivity contribution in [1.29, 1.82) is 0 Å². The third-order valence-corrected chi connectivity index (χ3v) is 3.45. The fourth-order valence-electron chi connectivity index (χ4n) is 2.57. The van der Waals surface area contributed by atoms with E-state index in [1.165, 1.54) is 0 Å². The molecule has 2 heterocycles. The zero-order valence-electron chi connectivity index (χ0n) is 12.5. The first kappa shape index (κ1) is 15.5. The molecule has 0 radical (unpaired) electrons. The van der Waals surface area contributed by atoms with Gasteiger partial charge in [0.1, 0.15) is 5.82 Å². The molecule has 1 aliphatic heterocycles. The number of piperazine rings is 1. The lowest BCUT2D eigenvalue weighted by Crippen LogP contribution is -2.51. The average Bonchev–Trinajstić information content (AvgIpc) is 2.45. The Kier molecular flexibility index (Phi) is 4.64. The first-order valence-corrected chi connectivity index (χ1v) is 7.03. The summed E-state index contributed by atoms with van der Waals surface area (Å²) in [6.07, 6.45) is 1.70. The molecular weight excluding hydrogens is 270 g/mol. The second-order valence-corrected chi connectivity index (χ2v) is 5.94. The lowest BCUT2D eigenvalue weighted by molar-refractivity contribution is 0.0344. The number of hydrogen-bond donors (Lipinski definition) is 3. The molecule has 0 unspecified atom stereocenters. The Balaban J connectivity index is 2.06. The van der Waals surface area contributed by atoms with E-state index in [9.17, 15) is 5.11 Å². The Morgan fingerprint density at radius 1 is 1.38 bits per heavy atom. The van der Waals surface area contributed by atoms with E-state index in [0.29, 0.717) is 12.1 Å². The SMILES string of the molecule is CC(C)(O)CN1CCN(c2ncccc2C(N)=NO)CC1. The summed E-state index contributed by atoms with van der Waals surface area (Å²) < 4.78 is 0. The normalized spacial score (nSPS) is 18.0. The Morgan fingerprint density at radius 3 is 2.62 bits per heavy atom. The van der Waals surface area contributed by atoms with Crippen molar-refractivity contribution >= 4 is 11.7 Å². The zero-order chi connectivity index (χ0) is 15.5. The average molecular weight is 293 g/mol. The van der Waals surface area contributed by atoms with E-state index < -0.39 is 5.60 Å². The molecular formula is C14H23N5O2. The van der Waals surface area contributed by atoms with Crippen molar-refractivity contribution in [3.8, 4) is 0 Å². The van der Waals surface area contributed by atoms with Gasteiger partial charge in [-0.25, -0.2) is 4.98 Å². The number of oxime groups is 1. The van der Waals surface area contributed by atoms with Crippen LogP contribution in [0.15, 0.2) is 23.5 Å². The van der Waals surface area contributed by atoms with Crippen LogP contribution in [0.3, 0.4) is 0 Å². The van der Waals surface area contributed by atoms with Gasteiger partial charge in [0.2, 0.25) is 0 Å². The first-order valence-electron chi connectivity index (χ1n) is 7.03. The highest BCUT2D eigenvalue weighted by Gasteiger charge is 2.24. The van der Waals surface area contributed by atoms with Gasteiger partial charge >= 0.3 is 0 Å². The molecule has 1 fully saturated rings. The number of pyridine rings is 1. The molecule has 0 aliphatic carbocycles. The summed E-state index contributed by atoms with van der Waals surface area (Å²) >= 11 is 0. The van der Waals surface area contributed by atoms with Crippen molar-refractivity contribution in [2.45, 2.75) is 19.4 Å². The van der Waals surface area contributed by atoms with E-state index in [1.807, 2.05) is 13.8 Å². The van der Waals surface area contributed by atoms with E-state index in [2.05, 4.69) is 19.9 Å². The van der Waals surface area contributed by atoms with Crippen molar-refractivity contribution in [1.82, 2.24) is 9.88 Å². The summed E-state index contributed by atoms with van der Waals surface area (Å²) in [7, 11) is 0. The largest absolute Gasteiger partial charge is 0.409 e. The lowest BCUT2D eigenvalue weighted by Gasteiger charge is -2.38. The molecule has 0 spiro atoms. The molecule has 7 nitrogen and oxygen atoms in total. The molecule has 0 bridgehead atoms. The predicted octanol–water partition coefficient (Wildman–Crippen LogP) is 0.0690. The van der Waals surface area contributed by atoms with Gasteiger partial charge in [0.05, 0.1) is 11.2 Å². The van der Waals surface area contributed by atoms with Crippen molar-refractivity contribution in [3.05, 3.63) is 23.9 Å². The van der Waals surface area contributed by atoms with Gasteiger partial charge in [0.15, 0.2) is 5.84 Å². The molecule has 0 atom stereocenters. The van der Waals surface area contributed by atoms with Crippen molar-refractivity contribution in [2.75, 3.05) is 37.6 Å². The van der Waals surface area contributed by atoms with E-state index in [1.54, 1.807) is 18.3 Å². The lowest BCUT2D eigenvalue weighted by atomic mass is 10.1. The summed E-state index contributed by atoms with van der Waals surface area (Å²) in [6.45, 7) is 7.55. The Labute approximate surface area is 124 Å². The predicted molar refractivity (Wildman–Crippen MR) is 81.7 cm³/mol. The van der Waals surface area contributed by atoms with Gasteiger partial charge in [-0.05, 0) is 26.0 Å². The minimum absolute atomic E-state index is 0.0667. The smallest absolute Gasteiger partial charge is 0.173 e. The molecule has 1 aromatic heterocycles.